The Morgan fingerprint density at radius 2 is 1.90 bits per heavy atom. The van der Waals surface area contributed by atoms with Crippen LogP contribution in [-0.2, 0) is 27.9 Å². The molecule has 5 nitrogen and oxygen atoms in total. The molecule has 0 bridgehead atoms. The van der Waals surface area contributed by atoms with Crippen LogP contribution in [0.2, 0.25) is 0 Å². The molecule has 2 aromatic rings. The molecular formula is C14H15FN2O3S. The first-order valence-corrected chi connectivity index (χ1v) is 7.69. The van der Waals surface area contributed by atoms with Crippen LogP contribution >= 0.6 is 0 Å². The summed E-state index contributed by atoms with van der Waals surface area (Å²) in [6.07, 6.45) is 1.23. The van der Waals surface area contributed by atoms with Crippen LogP contribution in [0.1, 0.15) is 11.1 Å². The summed E-state index contributed by atoms with van der Waals surface area (Å²) in [6.45, 7) is 0.410. The summed E-state index contributed by atoms with van der Waals surface area (Å²) >= 11 is 0. The van der Waals surface area contributed by atoms with E-state index in [-0.39, 0.29) is 6.54 Å². The second-order valence-electron chi connectivity index (χ2n) is 4.32. The van der Waals surface area contributed by atoms with E-state index in [1.165, 1.54) is 12.3 Å². The fourth-order valence-electron chi connectivity index (χ4n) is 1.84. The smallest absolute Gasteiger partial charge is 0.261 e. The van der Waals surface area contributed by atoms with E-state index < -0.39 is 20.9 Å². The first-order valence-electron chi connectivity index (χ1n) is 6.20. The van der Waals surface area contributed by atoms with E-state index >= 15 is 0 Å². The van der Waals surface area contributed by atoms with Crippen LogP contribution in [0.5, 0.6) is 0 Å². The van der Waals surface area contributed by atoms with Crippen molar-refractivity contribution in [2.45, 2.75) is 18.2 Å². The van der Waals surface area contributed by atoms with Gasteiger partial charge in [-0.3, -0.25) is 0 Å². The van der Waals surface area contributed by atoms with Gasteiger partial charge in [0.15, 0.2) is 5.82 Å². The Morgan fingerprint density at radius 3 is 2.57 bits per heavy atom. The zero-order valence-electron chi connectivity index (χ0n) is 11.4. The van der Waals surface area contributed by atoms with Gasteiger partial charge in [0, 0.05) is 19.9 Å². The van der Waals surface area contributed by atoms with E-state index in [0.717, 1.165) is 17.2 Å². The molecule has 0 spiro atoms. The second kappa shape index (κ2) is 6.75. The number of nitrogens with zero attached hydrogens (tertiary/aromatic N) is 1. The summed E-state index contributed by atoms with van der Waals surface area (Å²) < 4.78 is 45.0. The minimum atomic E-state index is -4.00. The van der Waals surface area contributed by atoms with Crippen molar-refractivity contribution in [2.75, 3.05) is 7.11 Å². The molecule has 0 aliphatic heterocycles. The molecule has 112 valence electrons. The molecule has 0 fully saturated rings. The maximum Gasteiger partial charge on any atom is 0.261 e. The van der Waals surface area contributed by atoms with Crippen LogP contribution in [0.4, 0.5) is 4.39 Å². The van der Waals surface area contributed by atoms with Gasteiger partial charge in [-0.2, -0.15) is 0 Å². The zero-order chi connectivity index (χ0) is 15.3. The molecule has 21 heavy (non-hydrogen) atoms. The van der Waals surface area contributed by atoms with E-state index in [0.29, 0.717) is 6.61 Å². The van der Waals surface area contributed by atoms with Gasteiger partial charge in [-0.05, 0) is 23.3 Å². The Kier molecular flexibility index (Phi) is 5.00. The first kappa shape index (κ1) is 15.6. The van der Waals surface area contributed by atoms with Crippen molar-refractivity contribution in [1.29, 1.82) is 0 Å². The number of sulfonamides is 1. The lowest BCUT2D eigenvalue weighted by molar-refractivity contribution is 0.184. The highest BCUT2D eigenvalue weighted by molar-refractivity contribution is 7.89. The molecule has 1 aromatic heterocycles. The molecule has 7 heteroatoms. The van der Waals surface area contributed by atoms with Gasteiger partial charge in [0.25, 0.3) is 10.0 Å². The van der Waals surface area contributed by atoms with Gasteiger partial charge in [-0.1, -0.05) is 24.3 Å². The first-order chi connectivity index (χ1) is 10.0. The summed E-state index contributed by atoms with van der Waals surface area (Å²) in [4.78, 5) is 3.57. The molecule has 1 N–H and O–H groups in total. The predicted octanol–water partition coefficient (Wildman–Crippen LogP) is 1.85. The van der Waals surface area contributed by atoms with Crippen molar-refractivity contribution < 1.29 is 17.5 Å². The molecule has 2 rings (SSSR count). The number of hydrogen-bond acceptors (Lipinski definition) is 4. The van der Waals surface area contributed by atoms with E-state index in [9.17, 15) is 12.8 Å². The van der Waals surface area contributed by atoms with E-state index in [1.807, 2.05) is 12.1 Å². The molecule has 0 atom stereocenters. The summed E-state index contributed by atoms with van der Waals surface area (Å²) in [7, 11) is -2.44. The molecule has 1 aromatic carbocycles. The third-order valence-corrected chi connectivity index (χ3v) is 4.18. The van der Waals surface area contributed by atoms with Gasteiger partial charge in [0.1, 0.15) is 0 Å². The molecule has 0 saturated heterocycles. The maximum absolute atomic E-state index is 13.5. The van der Waals surface area contributed by atoms with Gasteiger partial charge in [-0.15, -0.1) is 0 Å². The van der Waals surface area contributed by atoms with E-state index in [1.54, 1.807) is 19.2 Å². The van der Waals surface area contributed by atoms with Crippen LogP contribution in [0, 0.1) is 5.82 Å². The molecule has 0 aliphatic carbocycles. The standard InChI is InChI=1S/C14H15FN2O3S/c1-20-10-12-6-3-2-5-11(12)9-17-21(18,19)14-13(15)7-4-8-16-14/h2-8,17H,9-10H2,1H3. The van der Waals surface area contributed by atoms with Gasteiger partial charge < -0.3 is 4.74 Å². The van der Waals surface area contributed by atoms with Crippen molar-refractivity contribution in [3.05, 3.63) is 59.5 Å². The van der Waals surface area contributed by atoms with Crippen LogP contribution in [-0.4, -0.2) is 20.5 Å². The second-order valence-corrected chi connectivity index (χ2v) is 6.00. The number of pyridine rings is 1. The molecular weight excluding hydrogens is 295 g/mol. The Balaban J connectivity index is 2.18. The quantitative estimate of drug-likeness (QED) is 0.884. The SMILES string of the molecule is COCc1ccccc1CNS(=O)(=O)c1ncccc1F. The summed E-state index contributed by atoms with van der Waals surface area (Å²) in [5.41, 5.74) is 1.63. The number of halogens is 1. The molecule has 0 radical (unpaired) electrons. The van der Waals surface area contributed by atoms with Crippen molar-refractivity contribution in [3.8, 4) is 0 Å². The average molecular weight is 310 g/mol. The lowest BCUT2D eigenvalue weighted by atomic mass is 10.1. The van der Waals surface area contributed by atoms with Crippen LogP contribution in [0.25, 0.3) is 0 Å². The number of rotatable bonds is 6. The van der Waals surface area contributed by atoms with Crippen molar-refractivity contribution in [1.82, 2.24) is 9.71 Å². The molecule has 0 saturated carbocycles. The van der Waals surface area contributed by atoms with Crippen molar-refractivity contribution in [3.63, 3.8) is 0 Å². The Bertz CT molecular complexity index is 720. The monoisotopic (exact) mass is 310 g/mol. The Hall–Kier alpha value is -1.83. The van der Waals surface area contributed by atoms with Gasteiger partial charge >= 0.3 is 0 Å². The zero-order valence-corrected chi connectivity index (χ0v) is 12.2. The lowest BCUT2D eigenvalue weighted by Gasteiger charge is -2.10. The Labute approximate surface area is 122 Å². The summed E-state index contributed by atoms with van der Waals surface area (Å²) in [5, 5.41) is -0.603. The van der Waals surface area contributed by atoms with Crippen LogP contribution < -0.4 is 4.72 Å². The van der Waals surface area contributed by atoms with Crippen LogP contribution in [0.3, 0.4) is 0 Å². The average Bonchev–Trinajstić information content (AvgIpc) is 2.47. The molecule has 0 amide bonds. The van der Waals surface area contributed by atoms with Crippen LogP contribution in [0.15, 0.2) is 47.6 Å². The van der Waals surface area contributed by atoms with E-state index in [2.05, 4.69) is 9.71 Å². The topological polar surface area (TPSA) is 68.3 Å². The minimum absolute atomic E-state index is 0.0396. The molecule has 0 unspecified atom stereocenters. The number of aromatic nitrogens is 1. The highest BCUT2D eigenvalue weighted by Gasteiger charge is 2.20. The maximum atomic E-state index is 13.5. The third kappa shape index (κ3) is 3.84. The largest absolute Gasteiger partial charge is 0.380 e. The molecule has 0 aliphatic rings. The number of hydrogen-bond donors (Lipinski definition) is 1. The van der Waals surface area contributed by atoms with Gasteiger partial charge in [-0.25, -0.2) is 22.5 Å². The number of ether oxygens (including phenoxy) is 1. The van der Waals surface area contributed by atoms with Gasteiger partial charge in [0.05, 0.1) is 6.61 Å². The predicted molar refractivity (Wildman–Crippen MR) is 75.4 cm³/mol. The number of nitrogens with one attached hydrogen (secondary N) is 1. The minimum Gasteiger partial charge on any atom is -0.380 e. The highest BCUT2D eigenvalue weighted by Crippen LogP contribution is 2.13. The summed E-state index contributed by atoms with van der Waals surface area (Å²) in [6, 6.07) is 9.65. The fraction of sp³-hybridized carbons (Fsp3) is 0.214. The molecule has 1 heterocycles. The van der Waals surface area contributed by atoms with Crippen molar-refractivity contribution >= 4 is 10.0 Å². The fourth-order valence-corrected chi connectivity index (χ4v) is 2.84. The van der Waals surface area contributed by atoms with Crippen molar-refractivity contribution in [2.24, 2.45) is 0 Å². The lowest BCUT2D eigenvalue weighted by Crippen LogP contribution is -2.25. The van der Waals surface area contributed by atoms with E-state index in [4.69, 9.17) is 4.74 Å². The third-order valence-electron chi connectivity index (χ3n) is 2.85. The Morgan fingerprint density at radius 1 is 1.19 bits per heavy atom. The number of benzene rings is 1. The number of methoxy groups -OCH3 is 1. The normalized spacial score (nSPS) is 11.5. The highest BCUT2D eigenvalue weighted by atomic mass is 32.2. The van der Waals surface area contributed by atoms with Gasteiger partial charge in [0.2, 0.25) is 5.03 Å². The summed E-state index contributed by atoms with van der Waals surface area (Å²) in [5.74, 6) is -0.879.